The van der Waals surface area contributed by atoms with Gasteiger partial charge in [0.25, 0.3) is 5.56 Å². The second kappa shape index (κ2) is 8.62. The zero-order chi connectivity index (χ0) is 24.0. The van der Waals surface area contributed by atoms with E-state index in [4.69, 9.17) is 28.1 Å². The highest BCUT2D eigenvalue weighted by atomic mass is 35.5. The molecule has 1 aromatic carbocycles. The maximum atomic E-state index is 13.8. The van der Waals surface area contributed by atoms with E-state index in [-0.39, 0.29) is 34.6 Å². The van der Waals surface area contributed by atoms with Crippen LogP contribution in [0, 0.1) is 17.2 Å². The summed E-state index contributed by atoms with van der Waals surface area (Å²) in [7, 11) is 2.05. The number of anilines is 3. The molecule has 3 aromatic rings. The van der Waals surface area contributed by atoms with E-state index < -0.39 is 6.04 Å². The van der Waals surface area contributed by atoms with Crippen LogP contribution in [0.5, 0.6) is 0 Å². The average molecular weight is 481 g/mol. The Morgan fingerprint density at radius 3 is 2.59 bits per heavy atom. The van der Waals surface area contributed by atoms with Crippen molar-refractivity contribution in [3.8, 4) is 6.07 Å². The van der Waals surface area contributed by atoms with Gasteiger partial charge in [-0.1, -0.05) is 17.7 Å². The summed E-state index contributed by atoms with van der Waals surface area (Å²) in [5.41, 5.74) is 12.1. The van der Waals surface area contributed by atoms with Crippen molar-refractivity contribution < 1.29 is 0 Å². The molecular weight excluding hydrogens is 456 g/mol. The monoisotopic (exact) mass is 480 g/mol. The number of aromatic nitrogens is 4. The first-order valence-electron chi connectivity index (χ1n) is 11.1. The van der Waals surface area contributed by atoms with Crippen molar-refractivity contribution in [2.75, 3.05) is 55.0 Å². The molecule has 1 unspecified atom stereocenters. The molecule has 0 spiro atoms. The van der Waals surface area contributed by atoms with Gasteiger partial charge in [0.2, 0.25) is 5.95 Å². The molecular formula is C22H25ClN10O. The third-order valence-corrected chi connectivity index (χ3v) is 6.66. The van der Waals surface area contributed by atoms with Crippen LogP contribution in [0.4, 0.5) is 17.6 Å². The van der Waals surface area contributed by atoms with Gasteiger partial charge in [0.1, 0.15) is 17.5 Å². The highest BCUT2D eigenvalue weighted by Gasteiger charge is 2.38. The van der Waals surface area contributed by atoms with Crippen LogP contribution < -0.4 is 27.4 Å². The van der Waals surface area contributed by atoms with E-state index >= 15 is 0 Å². The largest absolute Gasteiger partial charge is 0.382 e. The van der Waals surface area contributed by atoms with Crippen molar-refractivity contribution in [3.05, 3.63) is 45.0 Å². The standard InChI is InChI=1S/C22H25ClN10O/c1-31-7-9-32(10-8-31)33-20(27-15-4-2-3-14(23)16(15)21(33)34)17(12-5-6-12)28-19-13(11-24)18(25)29-22(26)30-19/h2-4,12,17H,5-10H2,1H3,(H5,25,26,28,29,30). The molecule has 11 nitrogen and oxygen atoms in total. The van der Waals surface area contributed by atoms with Gasteiger partial charge in [0.15, 0.2) is 11.6 Å². The second-order valence-corrected chi connectivity index (χ2v) is 9.15. The van der Waals surface area contributed by atoms with Crippen LogP contribution in [0.2, 0.25) is 5.02 Å². The number of nitrogens with two attached hydrogens (primary N) is 2. The number of hydrogen-bond acceptors (Lipinski definition) is 10. The van der Waals surface area contributed by atoms with Gasteiger partial charge < -0.3 is 26.7 Å². The zero-order valence-electron chi connectivity index (χ0n) is 18.7. The quantitative estimate of drug-likeness (QED) is 0.486. The lowest BCUT2D eigenvalue weighted by molar-refractivity contribution is 0.281. The third kappa shape index (κ3) is 3.95. The highest BCUT2D eigenvalue weighted by molar-refractivity contribution is 6.35. The topological polar surface area (TPSA) is 155 Å². The second-order valence-electron chi connectivity index (χ2n) is 8.74. The molecule has 5 N–H and O–H groups in total. The van der Waals surface area contributed by atoms with Crippen LogP contribution in [-0.2, 0) is 0 Å². The molecule has 2 aliphatic rings. The van der Waals surface area contributed by atoms with Gasteiger partial charge in [-0.2, -0.15) is 15.2 Å². The molecule has 176 valence electrons. The van der Waals surface area contributed by atoms with Crippen molar-refractivity contribution in [2.24, 2.45) is 5.92 Å². The fraction of sp³-hybridized carbons (Fsp3) is 0.409. The first kappa shape index (κ1) is 22.2. The molecule has 3 heterocycles. The lowest BCUT2D eigenvalue weighted by atomic mass is 10.1. The lowest BCUT2D eigenvalue weighted by Gasteiger charge is -2.37. The number of nitrogens with zero attached hydrogens (tertiary/aromatic N) is 7. The Bertz CT molecular complexity index is 1350. The Balaban J connectivity index is 1.69. The minimum absolute atomic E-state index is 0.00163. The van der Waals surface area contributed by atoms with E-state index in [9.17, 15) is 10.1 Å². The number of nitrogens with one attached hydrogen (secondary N) is 1. The zero-order valence-corrected chi connectivity index (χ0v) is 19.5. The summed E-state index contributed by atoms with van der Waals surface area (Å²) in [6.45, 7) is 2.95. The van der Waals surface area contributed by atoms with Crippen LogP contribution >= 0.6 is 11.6 Å². The van der Waals surface area contributed by atoms with Gasteiger partial charge in [0.05, 0.1) is 22.0 Å². The predicted octanol–water partition coefficient (Wildman–Crippen LogP) is 1.32. The van der Waals surface area contributed by atoms with Crippen LogP contribution in [0.15, 0.2) is 23.0 Å². The van der Waals surface area contributed by atoms with Crippen molar-refractivity contribution in [2.45, 2.75) is 18.9 Å². The Kier molecular flexibility index (Phi) is 5.63. The Hall–Kier alpha value is -3.62. The number of benzene rings is 1. The van der Waals surface area contributed by atoms with E-state index in [2.05, 4.69) is 27.2 Å². The molecule has 34 heavy (non-hydrogen) atoms. The van der Waals surface area contributed by atoms with Gasteiger partial charge in [-0.25, -0.2) is 9.66 Å². The van der Waals surface area contributed by atoms with Crippen molar-refractivity contribution in [3.63, 3.8) is 0 Å². The summed E-state index contributed by atoms with van der Waals surface area (Å²) < 4.78 is 1.65. The maximum absolute atomic E-state index is 13.8. The Morgan fingerprint density at radius 2 is 1.91 bits per heavy atom. The fourth-order valence-corrected chi connectivity index (χ4v) is 4.60. The summed E-state index contributed by atoms with van der Waals surface area (Å²) >= 11 is 6.43. The summed E-state index contributed by atoms with van der Waals surface area (Å²) in [6, 6.07) is 6.92. The fourth-order valence-electron chi connectivity index (χ4n) is 4.35. The number of nitrogen functional groups attached to an aromatic ring is 2. The van der Waals surface area contributed by atoms with Crippen LogP contribution in [-0.4, -0.2) is 57.8 Å². The smallest absolute Gasteiger partial charge is 0.281 e. The predicted molar refractivity (Wildman–Crippen MR) is 131 cm³/mol. The Morgan fingerprint density at radius 1 is 1.18 bits per heavy atom. The molecule has 0 amide bonds. The van der Waals surface area contributed by atoms with Crippen molar-refractivity contribution in [1.29, 1.82) is 5.26 Å². The number of nitriles is 1. The number of likely N-dealkylation sites (N-methyl/N-ethyl adjacent to an activating group) is 1. The molecule has 1 saturated carbocycles. The molecule has 2 fully saturated rings. The van der Waals surface area contributed by atoms with Gasteiger partial charge in [0, 0.05) is 26.2 Å². The van der Waals surface area contributed by atoms with E-state index in [1.807, 2.05) is 11.1 Å². The number of fused-ring (bicyclic) bond motifs is 1. The number of piperazine rings is 1. The number of rotatable bonds is 5. The molecule has 1 aliphatic carbocycles. The van der Waals surface area contributed by atoms with Gasteiger partial charge in [-0.15, -0.1) is 0 Å². The minimum atomic E-state index is -0.392. The summed E-state index contributed by atoms with van der Waals surface area (Å²) in [6.07, 6.45) is 1.89. The minimum Gasteiger partial charge on any atom is -0.382 e. The summed E-state index contributed by atoms with van der Waals surface area (Å²) in [4.78, 5) is 29.1. The molecule has 12 heteroatoms. The van der Waals surface area contributed by atoms with Crippen molar-refractivity contribution >= 4 is 40.1 Å². The molecule has 1 saturated heterocycles. The van der Waals surface area contributed by atoms with Crippen molar-refractivity contribution in [1.82, 2.24) is 24.5 Å². The maximum Gasteiger partial charge on any atom is 0.281 e. The lowest BCUT2D eigenvalue weighted by Crippen LogP contribution is -2.54. The van der Waals surface area contributed by atoms with E-state index in [0.717, 1.165) is 25.9 Å². The molecule has 2 aromatic heterocycles. The highest BCUT2D eigenvalue weighted by Crippen LogP contribution is 2.43. The number of halogens is 1. The van der Waals surface area contributed by atoms with Crippen LogP contribution in [0.3, 0.4) is 0 Å². The Labute approximate surface area is 200 Å². The summed E-state index contributed by atoms with van der Waals surface area (Å²) in [5, 5.41) is 15.7. The first-order valence-corrected chi connectivity index (χ1v) is 11.5. The SMILES string of the molecule is CN1CCN(n2c(C(Nc3nc(N)nc(N)c3C#N)C3CC3)nc3cccc(Cl)c3c2=O)CC1. The van der Waals surface area contributed by atoms with Crippen LogP contribution in [0.1, 0.15) is 30.3 Å². The van der Waals surface area contributed by atoms with E-state index in [0.29, 0.717) is 34.8 Å². The third-order valence-electron chi connectivity index (χ3n) is 6.34. The van der Waals surface area contributed by atoms with E-state index in [1.54, 1.807) is 22.9 Å². The first-order chi connectivity index (χ1) is 16.4. The van der Waals surface area contributed by atoms with E-state index in [1.165, 1.54) is 0 Å². The summed E-state index contributed by atoms with van der Waals surface area (Å²) in [5.74, 6) is 0.942. The molecule has 1 aliphatic heterocycles. The molecule has 1 atom stereocenters. The van der Waals surface area contributed by atoms with Gasteiger partial charge in [-0.3, -0.25) is 4.79 Å². The molecule has 0 radical (unpaired) electrons. The molecule has 0 bridgehead atoms. The van der Waals surface area contributed by atoms with Crippen LogP contribution in [0.25, 0.3) is 10.9 Å². The average Bonchev–Trinajstić information content (AvgIpc) is 3.63. The van der Waals surface area contributed by atoms with Gasteiger partial charge in [-0.05, 0) is 37.9 Å². The molecule has 5 rings (SSSR count). The normalized spacial score (nSPS) is 17.5. The van der Waals surface area contributed by atoms with Gasteiger partial charge >= 0.3 is 0 Å². The number of hydrogen-bond donors (Lipinski definition) is 3.